The Morgan fingerprint density at radius 2 is 1.86 bits per heavy atom. The predicted molar refractivity (Wildman–Crippen MR) is 78.8 cm³/mol. The van der Waals surface area contributed by atoms with Gasteiger partial charge in [0, 0.05) is 26.2 Å². The average Bonchev–Trinajstić information content (AvgIpc) is 2.47. The molecule has 0 aliphatic carbocycles. The lowest BCUT2D eigenvalue weighted by Crippen LogP contribution is -2.45. The third kappa shape index (κ3) is 2.36. The largest absolute Gasteiger partial charge is 0.434 e. The van der Waals surface area contributed by atoms with Crippen LogP contribution in [0.15, 0.2) is 33.5 Å². The van der Waals surface area contributed by atoms with Gasteiger partial charge in [-0.15, -0.1) is 0 Å². The minimum Gasteiger partial charge on any atom is -0.434 e. The summed E-state index contributed by atoms with van der Waals surface area (Å²) in [4.78, 5) is 26.9. The van der Waals surface area contributed by atoms with E-state index in [4.69, 9.17) is 4.42 Å². The summed E-state index contributed by atoms with van der Waals surface area (Å²) < 4.78 is 5.68. The van der Waals surface area contributed by atoms with Crippen LogP contribution in [0.25, 0.3) is 11.0 Å². The number of hydrogen-bond donors (Lipinski definition) is 0. The average molecular weight is 289 g/mol. The maximum absolute atomic E-state index is 12.4. The van der Waals surface area contributed by atoms with Crippen molar-refractivity contribution in [3.05, 3.63) is 44.6 Å². The molecule has 0 N–H and O–H groups in total. The van der Waals surface area contributed by atoms with Gasteiger partial charge in [0.05, 0.1) is 10.3 Å². The normalized spacial score (nSPS) is 16.3. The lowest BCUT2D eigenvalue weighted by Gasteiger charge is -2.32. The highest BCUT2D eigenvalue weighted by atomic mass is 16.6. The number of hydrogen-bond acceptors (Lipinski definition) is 6. The molecule has 7 nitrogen and oxygen atoms in total. The van der Waals surface area contributed by atoms with Crippen molar-refractivity contribution in [1.29, 1.82) is 0 Å². The molecular formula is C14H15N3O4. The van der Waals surface area contributed by atoms with Crippen LogP contribution in [-0.4, -0.2) is 43.0 Å². The topological polar surface area (TPSA) is 79.8 Å². The fourth-order valence-corrected chi connectivity index (χ4v) is 2.51. The molecule has 1 aliphatic rings. The minimum absolute atomic E-state index is 0.0665. The van der Waals surface area contributed by atoms with Crippen molar-refractivity contribution in [3.63, 3.8) is 0 Å². The van der Waals surface area contributed by atoms with E-state index in [1.165, 1.54) is 0 Å². The first kappa shape index (κ1) is 13.6. The van der Waals surface area contributed by atoms with Crippen molar-refractivity contribution in [3.8, 4) is 0 Å². The number of anilines is 1. The molecule has 110 valence electrons. The highest BCUT2D eigenvalue weighted by Gasteiger charge is 2.30. The van der Waals surface area contributed by atoms with Crippen LogP contribution in [0.1, 0.15) is 0 Å². The zero-order valence-corrected chi connectivity index (χ0v) is 11.6. The molecule has 0 spiro atoms. The molecule has 1 aromatic heterocycles. The van der Waals surface area contributed by atoms with Gasteiger partial charge in [0.1, 0.15) is 5.58 Å². The van der Waals surface area contributed by atoms with Crippen LogP contribution in [0.3, 0.4) is 0 Å². The second-order valence-corrected chi connectivity index (χ2v) is 5.13. The number of rotatable bonds is 2. The zero-order valence-electron chi connectivity index (χ0n) is 11.6. The highest BCUT2D eigenvalue weighted by Crippen LogP contribution is 2.29. The molecule has 1 saturated heterocycles. The fraction of sp³-hybridized carbons (Fsp3) is 0.357. The molecule has 2 aromatic rings. The second kappa shape index (κ2) is 5.17. The molecule has 0 amide bonds. The number of likely N-dealkylation sites (N-methyl/N-ethyl adjacent to an activating group) is 1. The molecule has 0 radical (unpaired) electrons. The van der Waals surface area contributed by atoms with Crippen LogP contribution < -0.4 is 10.3 Å². The maximum atomic E-state index is 12.4. The number of benzene rings is 1. The minimum atomic E-state index is -0.647. The van der Waals surface area contributed by atoms with Crippen LogP contribution in [-0.2, 0) is 0 Å². The lowest BCUT2D eigenvalue weighted by atomic mass is 10.2. The summed E-state index contributed by atoms with van der Waals surface area (Å²) in [5.41, 5.74) is -0.684. The van der Waals surface area contributed by atoms with Crippen LogP contribution in [0.5, 0.6) is 0 Å². The van der Waals surface area contributed by atoms with E-state index < -0.39 is 16.0 Å². The molecule has 0 atom stereocenters. The molecule has 3 rings (SSSR count). The van der Waals surface area contributed by atoms with Gasteiger partial charge in [-0.2, -0.15) is 0 Å². The summed E-state index contributed by atoms with van der Waals surface area (Å²) in [7, 11) is 1.99. The van der Waals surface area contributed by atoms with E-state index in [-0.39, 0.29) is 11.3 Å². The first-order chi connectivity index (χ1) is 10.1. The predicted octanol–water partition coefficient (Wildman–Crippen LogP) is 1.45. The van der Waals surface area contributed by atoms with Gasteiger partial charge in [0.2, 0.25) is 0 Å². The molecule has 0 saturated carbocycles. The Kier molecular flexibility index (Phi) is 3.34. The van der Waals surface area contributed by atoms with Crippen molar-refractivity contribution in [2.75, 3.05) is 38.1 Å². The summed E-state index contributed by atoms with van der Waals surface area (Å²) in [5.74, 6) is 0.0665. The Morgan fingerprint density at radius 1 is 1.19 bits per heavy atom. The summed E-state index contributed by atoms with van der Waals surface area (Å²) >= 11 is 0. The molecule has 2 heterocycles. The standard InChI is InChI=1S/C14H15N3O4/c1-15-6-8-16(9-7-15)14-12(17(19)20)13(18)10-4-2-3-5-11(10)21-14/h2-5H,6-9H2,1H3. The number of para-hydroxylation sites is 1. The molecule has 1 aliphatic heterocycles. The first-order valence-electron chi connectivity index (χ1n) is 6.71. The lowest BCUT2D eigenvalue weighted by molar-refractivity contribution is -0.385. The summed E-state index contributed by atoms with van der Waals surface area (Å²) in [6, 6.07) is 6.60. The number of nitrogens with zero attached hydrogens (tertiary/aromatic N) is 3. The van der Waals surface area contributed by atoms with E-state index in [1.54, 1.807) is 29.2 Å². The van der Waals surface area contributed by atoms with Crippen molar-refractivity contribution in [2.45, 2.75) is 0 Å². The third-order valence-electron chi connectivity index (χ3n) is 3.73. The van der Waals surface area contributed by atoms with Gasteiger partial charge >= 0.3 is 5.69 Å². The van der Waals surface area contributed by atoms with Gasteiger partial charge in [-0.1, -0.05) is 12.1 Å². The monoisotopic (exact) mass is 289 g/mol. The zero-order chi connectivity index (χ0) is 15.0. The molecule has 0 unspecified atom stereocenters. The Bertz CT molecular complexity index is 747. The highest BCUT2D eigenvalue weighted by molar-refractivity contribution is 5.81. The smallest absolute Gasteiger partial charge is 0.376 e. The SMILES string of the molecule is CN1CCN(c2oc3ccccc3c(=O)c2[N+](=O)[O-])CC1. The fourth-order valence-electron chi connectivity index (χ4n) is 2.51. The number of piperazine rings is 1. The first-order valence-corrected chi connectivity index (χ1v) is 6.71. The summed E-state index contributed by atoms with van der Waals surface area (Å²) in [6.45, 7) is 2.73. The van der Waals surface area contributed by atoms with Crippen LogP contribution in [0, 0.1) is 10.1 Å². The Morgan fingerprint density at radius 3 is 2.52 bits per heavy atom. The van der Waals surface area contributed by atoms with Crippen LogP contribution in [0.4, 0.5) is 11.6 Å². The van der Waals surface area contributed by atoms with Gasteiger partial charge < -0.3 is 14.2 Å². The van der Waals surface area contributed by atoms with E-state index in [1.807, 2.05) is 7.05 Å². The van der Waals surface area contributed by atoms with Crippen molar-refractivity contribution in [2.24, 2.45) is 0 Å². The summed E-state index contributed by atoms with van der Waals surface area (Å²) in [5, 5.41) is 11.5. The van der Waals surface area contributed by atoms with Gasteiger partial charge in [-0.05, 0) is 19.2 Å². The van der Waals surface area contributed by atoms with E-state index in [2.05, 4.69) is 4.90 Å². The molecule has 1 aromatic carbocycles. The van der Waals surface area contributed by atoms with Crippen molar-refractivity contribution < 1.29 is 9.34 Å². The number of fused-ring (bicyclic) bond motifs is 1. The van der Waals surface area contributed by atoms with Crippen LogP contribution >= 0.6 is 0 Å². The maximum Gasteiger partial charge on any atom is 0.376 e. The van der Waals surface area contributed by atoms with Gasteiger partial charge in [0.15, 0.2) is 0 Å². The third-order valence-corrected chi connectivity index (χ3v) is 3.73. The van der Waals surface area contributed by atoms with E-state index in [0.717, 1.165) is 13.1 Å². The Balaban J connectivity index is 2.18. The second-order valence-electron chi connectivity index (χ2n) is 5.13. The van der Waals surface area contributed by atoms with Crippen LogP contribution in [0.2, 0.25) is 0 Å². The molecule has 0 bridgehead atoms. The van der Waals surface area contributed by atoms with Gasteiger partial charge in [0.25, 0.3) is 11.3 Å². The Hall–Kier alpha value is -2.41. The quantitative estimate of drug-likeness (QED) is 0.615. The van der Waals surface area contributed by atoms with Gasteiger partial charge in [-0.3, -0.25) is 14.9 Å². The molecular weight excluding hydrogens is 274 g/mol. The van der Waals surface area contributed by atoms with E-state index in [9.17, 15) is 14.9 Å². The van der Waals surface area contributed by atoms with Gasteiger partial charge in [-0.25, -0.2) is 0 Å². The molecule has 1 fully saturated rings. The van der Waals surface area contributed by atoms with E-state index >= 15 is 0 Å². The van der Waals surface area contributed by atoms with E-state index in [0.29, 0.717) is 18.7 Å². The number of nitro groups is 1. The molecule has 21 heavy (non-hydrogen) atoms. The van der Waals surface area contributed by atoms with Crippen molar-refractivity contribution >= 4 is 22.5 Å². The Labute approximate surface area is 120 Å². The summed E-state index contributed by atoms with van der Waals surface area (Å²) in [6.07, 6.45) is 0. The molecule has 7 heteroatoms. The van der Waals surface area contributed by atoms with Crippen molar-refractivity contribution in [1.82, 2.24) is 4.90 Å².